The van der Waals surface area contributed by atoms with Crippen molar-refractivity contribution in [1.29, 1.82) is 0 Å². The molecule has 1 aromatic carbocycles. The molecule has 4 rings (SSSR count). The average molecular weight is 432 g/mol. The van der Waals surface area contributed by atoms with Crippen LogP contribution in [0.1, 0.15) is 60.5 Å². The molecular formula is C29H37NO2. The summed E-state index contributed by atoms with van der Waals surface area (Å²) < 4.78 is 5.09. The highest BCUT2D eigenvalue weighted by molar-refractivity contribution is 5.81. The van der Waals surface area contributed by atoms with Crippen LogP contribution >= 0.6 is 0 Å². The number of carbonyl (C=O) groups excluding carboxylic acids is 1. The first-order chi connectivity index (χ1) is 14.9. The van der Waals surface area contributed by atoms with E-state index in [0.717, 1.165) is 12.8 Å². The van der Waals surface area contributed by atoms with E-state index in [2.05, 4.69) is 102 Å². The van der Waals surface area contributed by atoms with E-state index in [1.165, 1.54) is 22.9 Å². The van der Waals surface area contributed by atoms with E-state index in [1.807, 2.05) is 0 Å². The summed E-state index contributed by atoms with van der Waals surface area (Å²) in [6.45, 7) is 20.4. The van der Waals surface area contributed by atoms with Gasteiger partial charge in [-0.05, 0) is 62.5 Å². The first kappa shape index (κ1) is 22.6. The number of rotatable bonds is 6. The summed E-state index contributed by atoms with van der Waals surface area (Å²) in [5.41, 5.74) is 7.01. The van der Waals surface area contributed by atoms with Crippen LogP contribution in [-0.2, 0) is 16.0 Å². The van der Waals surface area contributed by atoms with Gasteiger partial charge in [0.25, 0.3) is 0 Å². The van der Waals surface area contributed by atoms with Gasteiger partial charge in [-0.2, -0.15) is 0 Å². The van der Waals surface area contributed by atoms with Gasteiger partial charge in [0, 0.05) is 22.6 Å². The minimum atomic E-state index is -0.356. The van der Waals surface area contributed by atoms with Crippen molar-refractivity contribution in [3.8, 4) is 0 Å². The predicted octanol–water partition coefficient (Wildman–Crippen LogP) is 6.56. The number of esters is 1. The summed E-state index contributed by atoms with van der Waals surface area (Å²) in [5.74, 6) is -0.356. The van der Waals surface area contributed by atoms with Crippen LogP contribution in [0.5, 0.6) is 0 Å². The van der Waals surface area contributed by atoms with Gasteiger partial charge in [0.05, 0.1) is 17.7 Å². The molecule has 0 bridgehead atoms. The number of aryl methyl sites for hydroxylation is 1. The van der Waals surface area contributed by atoms with Crippen LogP contribution in [0.25, 0.3) is 0 Å². The molecule has 1 aliphatic heterocycles. The van der Waals surface area contributed by atoms with Gasteiger partial charge in [0.15, 0.2) is 0 Å². The van der Waals surface area contributed by atoms with Crippen LogP contribution < -0.4 is 4.90 Å². The van der Waals surface area contributed by atoms with E-state index < -0.39 is 0 Å². The standard InChI is InChI=1S/C29H37NO2/c1-9-23(31)32-18-10-11-21-12-14-22(15-13-21)30-28(7)17-16-26(3,4)24-25(28)29(30,8)19-20(2)27(24,5)6/h9,12-17,19H,1,10-11,18H2,2-8H3. The number of allylic oxidation sites excluding steroid dienone is 3. The Kier molecular flexibility index (Phi) is 5.11. The number of ether oxygens (including phenoxy) is 1. The Morgan fingerprint density at radius 1 is 1.00 bits per heavy atom. The minimum absolute atomic E-state index is 0.0557. The third-order valence-electron chi connectivity index (χ3n) is 7.98. The topological polar surface area (TPSA) is 29.5 Å². The largest absolute Gasteiger partial charge is 0.463 e. The third kappa shape index (κ3) is 3.12. The lowest BCUT2D eigenvalue weighted by molar-refractivity contribution is -0.137. The van der Waals surface area contributed by atoms with Crippen molar-refractivity contribution in [3.05, 3.63) is 77.4 Å². The van der Waals surface area contributed by atoms with Gasteiger partial charge in [0.1, 0.15) is 0 Å². The monoisotopic (exact) mass is 431 g/mol. The van der Waals surface area contributed by atoms with E-state index >= 15 is 0 Å². The predicted molar refractivity (Wildman–Crippen MR) is 133 cm³/mol. The SMILES string of the molecule is C=CC(=O)OCCCc1ccc(N2C3(C)C=CC(C)(C)C4=C3C2(C)C=C(C)C4(C)C)cc1. The van der Waals surface area contributed by atoms with Crippen molar-refractivity contribution in [2.45, 2.75) is 72.4 Å². The number of hydrogen-bond acceptors (Lipinski definition) is 3. The van der Waals surface area contributed by atoms with Crippen molar-refractivity contribution in [2.24, 2.45) is 10.8 Å². The second-order valence-electron chi connectivity index (χ2n) is 11.0. The van der Waals surface area contributed by atoms with E-state index in [0.29, 0.717) is 6.61 Å². The Morgan fingerprint density at radius 3 is 2.28 bits per heavy atom. The van der Waals surface area contributed by atoms with Crippen LogP contribution in [0.2, 0.25) is 0 Å². The summed E-state index contributed by atoms with van der Waals surface area (Å²) in [6.07, 6.45) is 10.2. The summed E-state index contributed by atoms with van der Waals surface area (Å²) >= 11 is 0. The van der Waals surface area contributed by atoms with Gasteiger partial charge in [-0.15, -0.1) is 0 Å². The van der Waals surface area contributed by atoms with Crippen molar-refractivity contribution < 1.29 is 9.53 Å². The lowest BCUT2D eigenvalue weighted by atomic mass is 9.48. The molecule has 3 aliphatic rings. The lowest BCUT2D eigenvalue weighted by Crippen LogP contribution is -2.75. The Bertz CT molecular complexity index is 1050. The maximum Gasteiger partial charge on any atom is 0.330 e. The molecule has 32 heavy (non-hydrogen) atoms. The normalized spacial score (nSPS) is 29.1. The molecule has 1 heterocycles. The van der Waals surface area contributed by atoms with Gasteiger partial charge in [-0.25, -0.2) is 4.79 Å². The number of carbonyl (C=O) groups is 1. The number of anilines is 1. The smallest absolute Gasteiger partial charge is 0.330 e. The molecule has 0 saturated carbocycles. The maximum absolute atomic E-state index is 11.2. The zero-order valence-corrected chi connectivity index (χ0v) is 20.7. The first-order valence-corrected chi connectivity index (χ1v) is 11.7. The van der Waals surface area contributed by atoms with Gasteiger partial charge in [0.2, 0.25) is 0 Å². The zero-order valence-electron chi connectivity index (χ0n) is 20.7. The molecule has 1 saturated heterocycles. The Balaban J connectivity index is 1.62. The lowest BCUT2D eigenvalue weighted by Gasteiger charge is -2.71. The van der Waals surface area contributed by atoms with E-state index in [9.17, 15) is 4.79 Å². The van der Waals surface area contributed by atoms with E-state index in [4.69, 9.17) is 4.74 Å². The zero-order chi connectivity index (χ0) is 23.5. The third-order valence-corrected chi connectivity index (χ3v) is 7.98. The molecule has 0 radical (unpaired) electrons. The van der Waals surface area contributed by atoms with Crippen LogP contribution in [0.4, 0.5) is 5.69 Å². The molecule has 1 aromatic rings. The molecular weight excluding hydrogens is 394 g/mol. The highest BCUT2D eigenvalue weighted by Crippen LogP contribution is 2.66. The van der Waals surface area contributed by atoms with Crippen LogP contribution in [-0.4, -0.2) is 23.7 Å². The molecule has 0 amide bonds. The van der Waals surface area contributed by atoms with Crippen molar-refractivity contribution in [2.75, 3.05) is 11.5 Å². The molecule has 3 heteroatoms. The number of benzene rings is 1. The van der Waals surface area contributed by atoms with Gasteiger partial charge < -0.3 is 9.64 Å². The molecule has 0 spiro atoms. The fraction of sp³-hybridized carbons (Fsp3) is 0.483. The van der Waals surface area contributed by atoms with E-state index in [1.54, 1.807) is 11.1 Å². The Hall–Kier alpha value is -2.55. The Morgan fingerprint density at radius 2 is 1.66 bits per heavy atom. The van der Waals surface area contributed by atoms with Crippen LogP contribution in [0.15, 0.2) is 71.9 Å². The minimum Gasteiger partial charge on any atom is -0.463 e. The average Bonchev–Trinajstić information content (AvgIpc) is 2.72. The van der Waals surface area contributed by atoms with Gasteiger partial charge >= 0.3 is 5.97 Å². The molecule has 2 atom stereocenters. The molecule has 2 unspecified atom stereocenters. The quantitative estimate of drug-likeness (QED) is 0.221. The number of hydrogen-bond donors (Lipinski definition) is 0. The van der Waals surface area contributed by atoms with Crippen molar-refractivity contribution in [1.82, 2.24) is 0 Å². The van der Waals surface area contributed by atoms with Crippen molar-refractivity contribution in [3.63, 3.8) is 0 Å². The molecule has 0 aromatic heterocycles. The molecule has 3 nitrogen and oxygen atoms in total. The first-order valence-electron chi connectivity index (χ1n) is 11.7. The maximum atomic E-state index is 11.2. The highest BCUT2D eigenvalue weighted by atomic mass is 16.5. The van der Waals surface area contributed by atoms with E-state index in [-0.39, 0.29) is 27.9 Å². The molecule has 1 fully saturated rings. The van der Waals surface area contributed by atoms with Gasteiger partial charge in [-0.3, -0.25) is 0 Å². The fourth-order valence-corrected chi connectivity index (χ4v) is 6.52. The second-order valence-corrected chi connectivity index (χ2v) is 11.0. The summed E-state index contributed by atoms with van der Waals surface area (Å²) in [7, 11) is 0. The number of nitrogens with zero attached hydrogens (tertiary/aromatic N) is 1. The van der Waals surface area contributed by atoms with Crippen molar-refractivity contribution >= 4 is 11.7 Å². The molecule has 170 valence electrons. The molecule has 0 N–H and O–H groups in total. The molecule has 2 aliphatic carbocycles. The fourth-order valence-electron chi connectivity index (χ4n) is 6.52. The summed E-state index contributed by atoms with van der Waals surface area (Å²) in [5, 5.41) is 0. The summed E-state index contributed by atoms with van der Waals surface area (Å²) in [4.78, 5) is 13.8. The van der Waals surface area contributed by atoms with Gasteiger partial charge in [-0.1, -0.05) is 70.2 Å². The van der Waals surface area contributed by atoms with Crippen LogP contribution in [0, 0.1) is 10.8 Å². The highest BCUT2D eigenvalue weighted by Gasteiger charge is 2.65. The van der Waals surface area contributed by atoms with Crippen LogP contribution in [0.3, 0.4) is 0 Å². The second kappa shape index (κ2) is 7.23. The Labute approximate surface area is 193 Å². The summed E-state index contributed by atoms with van der Waals surface area (Å²) in [6, 6.07) is 8.91.